The van der Waals surface area contributed by atoms with Gasteiger partial charge in [0.05, 0.1) is 60.4 Å². The summed E-state index contributed by atoms with van der Waals surface area (Å²) in [6.45, 7) is 9.92. The highest BCUT2D eigenvalue weighted by Crippen LogP contribution is 2.28. The monoisotopic (exact) mass is 622 g/mol. The van der Waals surface area contributed by atoms with Crippen molar-refractivity contribution in [3.63, 3.8) is 0 Å². The average Bonchev–Trinajstić information content (AvgIpc) is 3.18. The Labute approximate surface area is 240 Å². The van der Waals surface area contributed by atoms with Crippen LogP contribution in [0, 0.1) is 13.8 Å². The number of rotatable bonds is 9. The molecule has 0 radical (unpaired) electrons. The zero-order valence-electron chi connectivity index (χ0n) is 23.6. The molecule has 0 unspecified atom stereocenters. The van der Waals surface area contributed by atoms with Gasteiger partial charge in [-0.1, -0.05) is 35.5 Å². The Morgan fingerprint density at radius 1 is 1.27 bits per heavy atom. The lowest BCUT2D eigenvalue weighted by Gasteiger charge is -2.17. The number of methoxy groups -OCH3 is 1. The van der Waals surface area contributed by atoms with E-state index in [4.69, 9.17) is 4.74 Å². The number of nitrogens with zero attached hydrogens (tertiary/aromatic N) is 5. The van der Waals surface area contributed by atoms with Gasteiger partial charge < -0.3 is 15.0 Å². The molecule has 40 heavy (non-hydrogen) atoms. The van der Waals surface area contributed by atoms with E-state index in [1.165, 1.54) is 7.11 Å². The van der Waals surface area contributed by atoms with Gasteiger partial charge in [-0.25, -0.2) is 18.8 Å². The lowest BCUT2D eigenvalue weighted by Crippen LogP contribution is -2.20. The fourth-order valence-corrected chi connectivity index (χ4v) is 4.18. The van der Waals surface area contributed by atoms with Gasteiger partial charge in [-0.05, 0) is 44.5 Å². The Hall–Kier alpha value is -3.67. The van der Waals surface area contributed by atoms with Crippen LogP contribution in [0.4, 0.5) is 18.9 Å². The summed E-state index contributed by atoms with van der Waals surface area (Å²) in [5.41, 5.74) is 3.04. The first-order valence-electron chi connectivity index (χ1n) is 12.3. The number of nitrogens with one attached hydrogen (secondary N) is 1. The van der Waals surface area contributed by atoms with E-state index in [-0.39, 0.29) is 5.56 Å². The standard InChI is InChI=1S/C27H31BrF2N6O2.CH3F/c1-8-9-19(31-27(38-7)17(4)35(5)6)14-36-16(3)24(15(2)34-36)33-26(37)21-13-23(25(29)30)32-22-11-10-18(28)12-20(21)22;1-2/h9-13,25H,4,8,14H2,1-3,5-7H3,(H,33,37);1H3/b19-9+,31-27?;. The van der Waals surface area contributed by atoms with Crippen molar-refractivity contribution in [1.82, 2.24) is 19.7 Å². The van der Waals surface area contributed by atoms with Crippen LogP contribution in [0.2, 0.25) is 0 Å². The summed E-state index contributed by atoms with van der Waals surface area (Å²) in [4.78, 5) is 23.8. The molecular formula is C28H34BrF3N6O2. The number of aliphatic imine (C=N–C) groups is 1. The molecule has 0 atom stereocenters. The lowest BCUT2D eigenvalue weighted by molar-refractivity contribution is 0.102. The molecule has 8 nitrogen and oxygen atoms in total. The van der Waals surface area contributed by atoms with Gasteiger partial charge in [0, 0.05) is 24.0 Å². The van der Waals surface area contributed by atoms with Crippen LogP contribution in [-0.4, -0.2) is 59.9 Å². The van der Waals surface area contributed by atoms with Gasteiger partial charge in [0.2, 0.25) is 5.90 Å². The normalized spacial score (nSPS) is 11.8. The number of alkyl halides is 3. The summed E-state index contributed by atoms with van der Waals surface area (Å²) >= 11 is 3.38. The number of aromatic nitrogens is 3. The molecule has 0 fully saturated rings. The van der Waals surface area contributed by atoms with Crippen molar-refractivity contribution in [3.8, 4) is 0 Å². The van der Waals surface area contributed by atoms with Crippen LogP contribution in [0.15, 0.2) is 57.8 Å². The lowest BCUT2D eigenvalue weighted by atomic mass is 10.1. The van der Waals surface area contributed by atoms with Gasteiger partial charge >= 0.3 is 0 Å². The molecule has 0 saturated heterocycles. The van der Waals surface area contributed by atoms with Crippen LogP contribution in [0.5, 0.6) is 0 Å². The minimum atomic E-state index is -2.81. The Morgan fingerprint density at radius 3 is 2.52 bits per heavy atom. The van der Waals surface area contributed by atoms with Crippen LogP contribution >= 0.6 is 15.9 Å². The van der Waals surface area contributed by atoms with E-state index in [1.54, 1.807) is 29.8 Å². The highest BCUT2D eigenvalue weighted by molar-refractivity contribution is 9.10. The van der Waals surface area contributed by atoms with Crippen molar-refractivity contribution in [3.05, 3.63) is 75.4 Å². The van der Waals surface area contributed by atoms with Crippen molar-refractivity contribution >= 4 is 44.3 Å². The first kappa shape index (κ1) is 32.5. The van der Waals surface area contributed by atoms with E-state index < -0.39 is 18.0 Å². The summed E-state index contributed by atoms with van der Waals surface area (Å²) in [6, 6.07) is 6.10. The zero-order valence-corrected chi connectivity index (χ0v) is 25.2. The molecule has 0 aliphatic heterocycles. The van der Waals surface area contributed by atoms with Gasteiger partial charge in [-0.15, -0.1) is 0 Å². The first-order valence-corrected chi connectivity index (χ1v) is 13.1. The van der Waals surface area contributed by atoms with Crippen LogP contribution in [0.3, 0.4) is 0 Å². The number of allylic oxidation sites excluding steroid dienone is 2. The van der Waals surface area contributed by atoms with Gasteiger partial charge in [0.25, 0.3) is 12.3 Å². The largest absolute Gasteiger partial charge is 0.480 e. The average molecular weight is 624 g/mol. The third-order valence-electron chi connectivity index (χ3n) is 5.86. The van der Waals surface area contributed by atoms with Crippen molar-refractivity contribution in [2.45, 2.75) is 40.2 Å². The maximum Gasteiger partial charge on any atom is 0.280 e. The Balaban J connectivity index is 0.00000274. The fourth-order valence-electron chi connectivity index (χ4n) is 3.82. The van der Waals surface area contributed by atoms with E-state index >= 15 is 0 Å². The molecule has 0 bridgehead atoms. The number of amides is 1. The highest BCUT2D eigenvalue weighted by atomic mass is 79.9. The van der Waals surface area contributed by atoms with Crippen molar-refractivity contribution < 1.29 is 22.7 Å². The molecule has 2 heterocycles. The highest BCUT2D eigenvalue weighted by Gasteiger charge is 2.21. The molecule has 1 aromatic carbocycles. The van der Waals surface area contributed by atoms with Crippen LogP contribution in [-0.2, 0) is 11.3 Å². The summed E-state index contributed by atoms with van der Waals surface area (Å²) in [6.07, 6.45) is -0.112. The minimum absolute atomic E-state index is 0.0984. The van der Waals surface area contributed by atoms with Gasteiger partial charge in [0.1, 0.15) is 5.69 Å². The molecule has 0 saturated carbocycles. The quantitative estimate of drug-likeness (QED) is 0.205. The van der Waals surface area contributed by atoms with Gasteiger partial charge in [0.15, 0.2) is 0 Å². The second-order valence-corrected chi connectivity index (χ2v) is 9.70. The molecular weight excluding hydrogens is 589 g/mol. The Bertz CT molecular complexity index is 1430. The topological polar surface area (TPSA) is 84.6 Å². The van der Waals surface area contributed by atoms with E-state index in [1.807, 2.05) is 38.9 Å². The number of halogens is 4. The number of likely N-dealkylation sites (N-methyl/N-ethyl adjacent to an activating group) is 1. The van der Waals surface area contributed by atoms with Crippen LogP contribution in [0.25, 0.3) is 10.9 Å². The number of pyridine rings is 1. The number of hydrogen-bond acceptors (Lipinski definition) is 6. The van der Waals surface area contributed by atoms with E-state index in [9.17, 15) is 18.0 Å². The molecule has 216 valence electrons. The molecule has 12 heteroatoms. The Morgan fingerprint density at radius 2 is 1.95 bits per heavy atom. The maximum absolute atomic E-state index is 13.5. The number of benzene rings is 1. The van der Waals surface area contributed by atoms with Crippen molar-refractivity contribution in [2.24, 2.45) is 4.99 Å². The summed E-state index contributed by atoms with van der Waals surface area (Å²) in [5, 5.41) is 7.92. The number of carbonyl (C=O) groups excluding carboxylic acids is 1. The Kier molecular flexibility index (Phi) is 11.9. The van der Waals surface area contributed by atoms with Crippen molar-refractivity contribution in [1.29, 1.82) is 0 Å². The van der Waals surface area contributed by atoms with Crippen molar-refractivity contribution in [2.75, 3.05) is 33.7 Å². The SMILES string of the molecule is C=C(C(=N/C(=C/CC)Cn1nc(C)c(NC(=O)c2cc(C(F)F)nc3ccc(Br)cc23)c1C)OC)N(C)C.CF. The summed E-state index contributed by atoms with van der Waals surface area (Å²) in [5.74, 6) is -0.148. The number of carbonyl (C=O) groups is 1. The number of ether oxygens (including phenoxy) is 1. The number of anilines is 1. The fraction of sp³-hybridized carbons (Fsp3) is 0.357. The van der Waals surface area contributed by atoms with E-state index in [2.05, 4.69) is 42.9 Å². The molecule has 2 aromatic heterocycles. The molecule has 3 rings (SSSR count). The minimum Gasteiger partial charge on any atom is -0.480 e. The summed E-state index contributed by atoms with van der Waals surface area (Å²) < 4.78 is 44.4. The first-order chi connectivity index (χ1) is 19.0. The summed E-state index contributed by atoms with van der Waals surface area (Å²) in [7, 11) is 5.74. The maximum atomic E-state index is 13.5. The predicted octanol–water partition coefficient (Wildman–Crippen LogP) is 7.00. The second kappa shape index (κ2) is 14.6. The van der Waals surface area contributed by atoms with Gasteiger partial charge in [-0.3, -0.25) is 13.9 Å². The number of fused-ring (bicyclic) bond motifs is 1. The third kappa shape index (κ3) is 7.71. The van der Waals surface area contributed by atoms with Crippen LogP contribution < -0.4 is 5.32 Å². The molecule has 3 aromatic rings. The molecule has 1 N–H and O–H groups in total. The smallest absolute Gasteiger partial charge is 0.280 e. The van der Waals surface area contributed by atoms with Crippen LogP contribution in [0.1, 0.15) is 47.2 Å². The second-order valence-electron chi connectivity index (χ2n) is 8.78. The predicted molar refractivity (Wildman–Crippen MR) is 157 cm³/mol. The number of hydrogen-bond donors (Lipinski definition) is 1. The molecule has 0 spiro atoms. The van der Waals surface area contributed by atoms with Gasteiger partial charge in [-0.2, -0.15) is 5.10 Å². The van der Waals surface area contributed by atoms with E-state index in [0.717, 1.165) is 12.5 Å². The number of aryl methyl sites for hydroxylation is 1. The third-order valence-corrected chi connectivity index (χ3v) is 6.35. The molecule has 0 aliphatic rings. The zero-order chi connectivity index (χ0) is 30.1. The molecule has 1 amide bonds. The van der Waals surface area contributed by atoms with E-state index in [0.29, 0.717) is 63.5 Å². The molecule has 0 aliphatic carbocycles.